The Morgan fingerprint density at radius 1 is 1.42 bits per heavy atom. The number of aromatic nitrogens is 2. The molecule has 0 spiro atoms. The van der Waals surface area contributed by atoms with Gasteiger partial charge in [0.1, 0.15) is 0 Å². The van der Waals surface area contributed by atoms with Gasteiger partial charge < -0.3 is 15.0 Å². The first-order valence-corrected chi connectivity index (χ1v) is 8.44. The minimum Gasteiger partial charge on any atom is -0.381 e. The summed E-state index contributed by atoms with van der Waals surface area (Å²) in [5, 5.41) is 7.17. The van der Waals surface area contributed by atoms with Crippen LogP contribution in [-0.4, -0.2) is 47.0 Å². The second-order valence-electron chi connectivity index (χ2n) is 6.10. The largest absolute Gasteiger partial charge is 0.381 e. The third-order valence-electron chi connectivity index (χ3n) is 4.28. The molecule has 1 aromatic heterocycles. The Bertz CT molecular complexity index is 634. The number of benzene rings is 1. The summed E-state index contributed by atoms with van der Waals surface area (Å²) in [6.45, 7) is 5.74. The molecule has 2 amide bonds. The highest BCUT2D eigenvalue weighted by Crippen LogP contribution is 2.16. The summed E-state index contributed by atoms with van der Waals surface area (Å²) in [6, 6.07) is 9.75. The van der Waals surface area contributed by atoms with Gasteiger partial charge in [-0.15, -0.1) is 0 Å². The topological polar surface area (TPSA) is 59.4 Å². The molecule has 0 bridgehead atoms. The van der Waals surface area contributed by atoms with E-state index in [4.69, 9.17) is 4.74 Å². The Kier molecular flexibility index (Phi) is 5.48. The molecule has 0 unspecified atom stereocenters. The SMILES string of the molecule is CCN(C[C@@H]1CCOC1)C(=O)Nc1ccc(Cn2cccn2)cc1. The van der Waals surface area contributed by atoms with Crippen LogP contribution in [-0.2, 0) is 11.3 Å². The summed E-state index contributed by atoms with van der Waals surface area (Å²) in [5.74, 6) is 0.451. The van der Waals surface area contributed by atoms with Crippen molar-refractivity contribution in [2.75, 3.05) is 31.6 Å². The molecule has 128 valence electrons. The first-order valence-electron chi connectivity index (χ1n) is 8.44. The Hall–Kier alpha value is -2.34. The Labute approximate surface area is 142 Å². The number of anilines is 1. The van der Waals surface area contributed by atoms with Gasteiger partial charge in [0.15, 0.2) is 0 Å². The lowest BCUT2D eigenvalue weighted by molar-refractivity contribution is 0.171. The highest BCUT2D eigenvalue weighted by molar-refractivity contribution is 5.89. The number of carbonyl (C=O) groups excluding carboxylic acids is 1. The number of rotatable bonds is 6. The molecule has 3 rings (SSSR count). The van der Waals surface area contributed by atoms with E-state index in [9.17, 15) is 4.79 Å². The van der Waals surface area contributed by atoms with Crippen molar-refractivity contribution in [1.29, 1.82) is 0 Å². The molecule has 1 aromatic carbocycles. The average Bonchev–Trinajstić information content (AvgIpc) is 3.28. The van der Waals surface area contributed by atoms with Crippen LogP contribution < -0.4 is 5.32 Å². The van der Waals surface area contributed by atoms with E-state index in [-0.39, 0.29) is 6.03 Å². The van der Waals surface area contributed by atoms with Gasteiger partial charge in [-0.3, -0.25) is 4.68 Å². The molecule has 6 nitrogen and oxygen atoms in total. The molecule has 1 N–H and O–H groups in total. The van der Waals surface area contributed by atoms with Crippen LogP contribution in [0.4, 0.5) is 10.5 Å². The van der Waals surface area contributed by atoms with E-state index in [1.807, 2.05) is 53.0 Å². The van der Waals surface area contributed by atoms with Crippen molar-refractivity contribution in [2.24, 2.45) is 5.92 Å². The number of urea groups is 1. The second kappa shape index (κ2) is 7.97. The molecule has 1 saturated heterocycles. The van der Waals surface area contributed by atoms with Crippen molar-refractivity contribution in [2.45, 2.75) is 19.9 Å². The Morgan fingerprint density at radius 2 is 2.25 bits per heavy atom. The number of carbonyl (C=O) groups is 1. The van der Waals surface area contributed by atoms with E-state index in [0.29, 0.717) is 12.5 Å². The molecule has 1 atom stereocenters. The standard InChI is InChI=1S/C18H24N4O2/c1-2-21(12-16-8-11-24-14-16)18(23)20-17-6-4-15(5-7-17)13-22-10-3-9-19-22/h3-7,9-10,16H,2,8,11-14H2,1H3,(H,20,23)/t16-/m0/s1. The van der Waals surface area contributed by atoms with Crippen molar-refractivity contribution in [1.82, 2.24) is 14.7 Å². The van der Waals surface area contributed by atoms with E-state index >= 15 is 0 Å². The molecule has 24 heavy (non-hydrogen) atoms. The van der Waals surface area contributed by atoms with Crippen molar-refractivity contribution in [3.05, 3.63) is 48.3 Å². The fourth-order valence-corrected chi connectivity index (χ4v) is 2.87. The van der Waals surface area contributed by atoms with Gasteiger partial charge in [0.2, 0.25) is 0 Å². The fourth-order valence-electron chi connectivity index (χ4n) is 2.87. The highest BCUT2D eigenvalue weighted by Gasteiger charge is 2.21. The van der Waals surface area contributed by atoms with Crippen LogP contribution in [0.1, 0.15) is 18.9 Å². The predicted molar refractivity (Wildman–Crippen MR) is 93.0 cm³/mol. The zero-order chi connectivity index (χ0) is 16.8. The van der Waals surface area contributed by atoms with E-state index in [2.05, 4.69) is 10.4 Å². The van der Waals surface area contributed by atoms with Crippen molar-refractivity contribution in [3.63, 3.8) is 0 Å². The summed E-state index contributed by atoms with van der Waals surface area (Å²) in [5.41, 5.74) is 1.96. The van der Waals surface area contributed by atoms with Crippen LogP contribution in [0.5, 0.6) is 0 Å². The minimum absolute atomic E-state index is 0.0516. The second-order valence-corrected chi connectivity index (χ2v) is 6.10. The molecule has 0 aliphatic carbocycles. The van der Waals surface area contributed by atoms with Gasteiger partial charge in [0.25, 0.3) is 0 Å². The molecule has 1 aliphatic rings. The van der Waals surface area contributed by atoms with E-state index in [0.717, 1.165) is 44.0 Å². The lowest BCUT2D eigenvalue weighted by atomic mass is 10.1. The van der Waals surface area contributed by atoms with Gasteiger partial charge in [-0.05, 0) is 37.1 Å². The van der Waals surface area contributed by atoms with E-state index in [1.165, 1.54) is 0 Å². The average molecular weight is 328 g/mol. The molecular formula is C18H24N4O2. The summed E-state index contributed by atoms with van der Waals surface area (Å²) >= 11 is 0. The summed E-state index contributed by atoms with van der Waals surface area (Å²) in [7, 11) is 0. The van der Waals surface area contributed by atoms with Gasteiger partial charge in [-0.2, -0.15) is 5.10 Å². The number of amides is 2. The Balaban J connectivity index is 1.54. The van der Waals surface area contributed by atoms with Gasteiger partial charge >= 0.3 is 6.03 Å². The van der Waals surface area contributed by atoms with Crippen molar-refractivity contribution < 1.29 is 9.53 Å². The van der Waals surface area contributed by atoms with Crippen LogP contribution in [0.25, 0.3) is 0 Å². The smallest absolute Gasteiger partial charge is 0.321 e. The lowest BCUT2D eigenvalue weighted by Crippen LogP contribution is -2.38. The summed E-state index contributed by atoms with van der Waals surface area (Å²) in [4.78, 5) is 14.3. The number of nitrogens with zero attached hydrogens (tertiary/aromatic N) is 3. The number of hydrogen-bond acceptors (Lipinski definition) is 3. The van der Waals surface area contributed by atoms with Crippen LogP contribution in [0.2, 0.25) is 0 Å². The minimum atomic E-state index is -0.0516. The van der Waals surface area contributed by atoms with Gasteiger partial charge in [0, 0.05) is 43.7 Å². The molecule has 1 fully saturated rings. The number of hydrogen-bond donors (Lipinski definition) is 1. The third-order valence-corrected chi connectivity index (χ3v) is 4.28. The summed E-state index contributed by atoms with van der Waals surface area (Å²) < 4.78 is 7.26. The van der Waals surface area contributed by atoms with E-state index < -0.39 is 0 Å². The third kappa shape index (κ3) is 4.35. The maximum Gasteiger partial charge on any atom is 0.321 e. The van der Waals surface area contributed by atoms with Crippen LogP contribution in [0.15, 0.2) is 42.7 Å². The van der Waals surface area contributed by atoms with Crippen molar-refractivity contribution >= 4 is 11.7 Å². The molecule has 0 radical (unpaired) electrons. The molecule has 6 heteroatoms. The van der Waals surface area contributed by atoms with Crippen LogP contribution >= 0.6 is 0 Å². The molecule has 0 saturated carbocycles. The monoisotopic (exact) mass is 328 g/mol. The van der Waals surface area contributed by atoms with Crippen molar-refractivity contribution in [3.8, 4) is 0 Å². The first kappa shape index (κ1) is 16.5. The van der Waals surface area contributed by atoms with E-state index in [1.54, 1.807) is 6.20 Å². The normalized spacial score (nSPS) is 17.0. The van der Waals surface area contributed by atoms with Crippen LogP contribution in [0.3, 0.4) is 0 Å². The van der Waals surface area contributed by atoms with Gasteiger partial charge in [-0.1, -0.05) is 12.1 Å². The maximum absolute atomic E-state index is 12.4. The molecular weight excluding hydrogens is 304 g/mol. The zero-order valence-electron chi connectivity index (χ0n) is 14.0. The maximum atomic E-state index is 12.4. The Morgan fingerprint density at radius 3 is 2.88 bits per heavy atom. The highest BCUT2D eigenvalue weighted by atomic mass is 16.5. The number of ether oxygens (including phenoxy) is 1. The van der Waals surface area contributed by atoms with Gasteiger partial charge in [0.05, 0.1) is 13.2 Å². The summed E-state index contributed by atoms with van der Waals surface area (Å²) in [6.07, 6.45) is 4.73. The number of nitrogens with one attached hydrogen (secondary N) is 1. The quantitative estimate of drug-likeness (QED) is 0.887. The van der Waals surface area contributed by atoms with Crippen LogP contribution in [0, 0.1) is 5.92 Å². The molecule has 2 heterocycles. The first-order chi connectivity index (χ1) is 11.7. The van der Waals surface area contributed by atoms with Gasteiger partial charge in [-0.25, -0.2) is 4.79 Å². The fraction of sp³-hybridized carbons (Fsp3) is 0.444. The molecule has 2 aromatic rings. The molecule has 1 aliphatic heterocycles. The zero-order valence-corrected chi connectivity index (χ0v) is 14.0. The lowest BCUT2D eigenvalue weighted by Gasteiger charge is -2.24. The predicted octanol–water partition coefficient (Wildman–Crippen LogP) is 2.82.